The smallest absolute Gasteiger partial charge is 0.273 e. The minimum absolute atomic E-state index is 0.121. The molecule has 3 aromatic carbocycles. The van der Waals surface area contributed by atoms with Crippen molar-refractivity contribution in [2.24, 2.45) is 11.3 Å². The summed E-state index contributed by atoms with van der Waals surface area (Å²) in [6.45, 7) is 12.0. The number of hydrogen-bond acceptors (Lipinski definition) is 12. The van der Waals surface area contributed by atoms with Crippen LogP contribution in [0.2, 0.25) is 5.02 Å². The number of benzene rings is 3. The molecule has 1 amide bonds. The van der Waals surface area contributed by atoms with Gasteiger partial charge in [0.15, 0.2) is 0 Å². The van der Waals surface area contributed by atoms with Gasteiger partial charge in [-0.25, -0.2) is 18.1 Å². The standard InChI is InChI=1S/C48H57ClN7O7PS2/c1-48(2)14-12-37(43(28-48)34-4-7-38(49)8-5-34)31-53-16-18-55(19-17-53)39-9-11-42(45(26-39)65-40-25-36-13-15-50-46(36)51-29-40)47(58)52-66(62,63)41-10-6-35(44(27-41)56(59)60)24-33(32-57)30-54-20-22-64(3,61)23-21-54/h4-11,13,15,25-27,29,33,57H,12,14,16-24,28,30-32H2,1-3H3,(H,50,51)(H,52,58). The lowest BCUT2D eigenvalue weighted by atomic mass is 9.72. The number of H-pyrrole nitrogens is 1. The van der Waals surface area contributed by atoms with E-state index in [0.717, 1.165) is 79.0 Å². The number of aliphatic hydroxyl groups excluding tert-OH is 1. The fourth-order valence-electron chi connectivity index (χ4n) is 9.24. The van der Waals surface area contributed by atoms with E-state index in [1.54, 1.807) is 25.1 Å². The van der Waals surface area contributed by atoms with Crippen molar-refractivity contribution in [2.75, 3.05) is 82.9 Å². The predicted octanol–water partition coefficient (Wildman–Crippen LogP) is 8.64. The number of sulfonamides is 1. The molecule has 8 rings (SSSR count). The topological polar surface area (TPSA) is 182 Å². The molecule has 14 nitrogen and oxygen atoms in total. The molecule has 1 atom stereocenters. The van der Waals surface area contributed by atoms with Crippen LogP contribution in [0.1, 0.15) is 54.6 Å². The van der Waals surface area contributed by atoms with Crippen LogP contribution in [0, 0.1) is 21.4 Å². The molecule has 66 heavy (non-hydrogen) atoms. The number of nitro groups is 1. The van der Waals surface area contributed by atoms with Gasteiger partial charge in [-0.1, -0.05) is 61.0 Å². The summed E-state index contributed by atoms with van der Waals surface area (Å²) in [5.74, 6) is -1.24. The van der Waals surface area contributed by atoms with Crippen molar-refractivity contribution in [2.45, 2.75) is 54.2 Å². The predicted molar refractivity (Wildman–Crippen MR) is 263 cm³/mol. The molecule has 0 saturated carbocycles. The average molecular weight is 975 g/mol. The minimum atomic E-state index is -4.58. The molecule has 5 aromatic rings. The van der Waals surface area contributed by atoms with Crippen LogP contribution >= 0.6 is 30.5 Å². The molecule has 0 spiro atoms. The van der Waals surface area contributed by atoms with Crippen molar-refractivity contribution >= 4 is 74.4 Å². The largest absolute Gasteiger partial charge is 0.396 e. The van der Waals surface area contributed by atoms with Crippen molar-refractivity contribution < 1.29 is 27.8 Å². The third-order valence-electron chi connectivity index (χ3n) is 13.2. The lowest BCUT2D eigenvalue weighted by molar-refractivity contribution is -0.385. The van der Waals surface area contributed by atoms with Gasteiger partial charge in [-0.3, -0.25) is 19.8 Å². The number of aliphatic hydroxyl groups is 1. The Bertz CT molecular complexity index is 2800. The number of nitrogens with one attached hydrogen (secondary N) is 2. The van der Waals surface area contributed by atoms with Gasteiger partial charge in [-0.2, -0.15) is 0 Å². The van der Waals surface area contributed by atoms with E-state index in [0.29, 0.717) is 42.5 Å². The summed E-state index contributed by atoms with van der Waals surface area (Å²) in [6, 6.07) is 21.0. The van der Waals surface area contributed by atoms with Crippen LogP contribution in [0.3, 0.4) is 0 Å². The number of nitrogens with zero attached hydrogens (tertiary/aromatic N) is 5. The SMILES string of the molecule is CC1(C)CCC(CN2CCN(c3ccc(C(=O)NS(=O)(=O)c4ccc(CC(CO)CN5CCP(C)(=O)CC5)c([N+](=O)[O-])c4)c(Sc4cnc5[nH]ccc5c4)c3)CC2)=C(c2ccc(Cl)cc2)C1. The van der Waals surface area contributed by atoms with Crippen molar-refractivity contribution in [3.05, 3.63) is 123 Å². The Morgan fingerprint density at radius 1 is 1.02 bits per heavy atom. The highest BCUT2D eigenvalue weighted by atomic mass is 35.5. The Morgan fingerprint density at radius 2 is 1.76 bits per heavy atom. The van der Waals surface area contributed by atoms with Crippen molar-refractivity contribution in [3.8, 4) is 0 Å². The monoisotopic (exact) mass is 973 g/mol. The summed E-state index contributed by atoms with van der Waals surface area (Å²) in [5.41, 5.74) is 5.92. The number of carbonyl (C=O) groups excluding carboxylic acids is 1. The zero-order chi connectivity index (χ0) is 46.8. The Hall–Kier alpha value is -4.54. The molecule has 2 fully saturated rings. The Labute approximate surface area is 395 Å². The first-order chi connectivity index (χ1) is 31.4. The maximum Gasteiger partial charge on any atom is 0.273 e. The van der Waals surface area contributed by atoms with Crippen LogP contribution in [-0.2, 0) is 21.0 Å². The molecule has 2 aliphatic heterocycles. The summed E-state index contributed by atoms with van der Waals surface area (Å²) in [7, 11) is -6.74. The van der Waals surface area contributed by atoms with Crippen molar-refractivity contribution in [3.63, 3.8) is 0 Å². The number of fused-ring (bicyclic) bond motifs is 1. The number of amides is 1. The summed E-state index contributed by atoms with van der Waals surface area (Å²) < 4.78 is 42.4. The van der Waals surface area contributed by atoms with Crippen LogP contribution in [0.5, 0.6) is 0 Å². The molecule has 1 aliphatic carbocycles. The third-order valence-corrected chi connectivity index (χ3v) is 18.1. The van der Waals surface area contributed by atoms with Gasteiger partial charge in [-0.05, 0) is 103 Å². The second-order valence-corrected chi connectivity index (χ2v) is 25.6. The first-order valence-corrected chi connectivity index (χ1v) is 27.6. The molecule has 2 saturated heterocycles. The maximum absolute atomic E-state index is 14.1. The molecule has 4 heterocycles. The van der Waals surface area contributed by atoms with Gasteiger partial charge in [0.05, 0.1) is 22.5 Å². The minimum Gasteiger partial charge on any atom is -0.396 e. The van der Waals surface area contributed by atoms with E-state index in [-0.39, 0.29) is 35.5 Å². The molecule has 3 aliphatic rings. The number of halogens is 1. The molecule has 350 valence electrons. The van der Waals surface area contributed by atoms with Gasteiger partial charge >= 0.3 is 0 Å². The first kappa shape index (κ1) is 47.9. The number of anilines is 1. The quantitative estimate of drug-likeness (QED) is 0.0517. The molecule has 18 heteroatoms. The number of piperazine rings is 1. The Morgan fingerprint density at radius 3 is 2.47 bits per heavy atom. The second-order valence-electron chi connectivity index (χ2n) is 18.8. The fraction of sp³-hybridized carbons (Fsp3) is 0.417. The van der Waals surface area contributed by atoms with Crippen molar-refractivity contribution in [1.29, 1.82) is 0 Å². The fourth-order valence-corrected chi connectivity index (χ4v) is 13.0. The van der Waals surface area contributed by atoms with Crippen LogP contribution < -0.4 is 9.62 Å². The van der Waals surface area contributed by atoms with E-state index in [4.69, 9.17) is 11.6 Å². The van der Waals surface area contributed by atoms with E-state index in [9.17, 15) is 33.0 Å². The Balaban J connectivity index is 0.993. The van der Waals surface area contributed by atoms with Crippen LogP contribution in [0.15, 0.2) is 105 Å². The number of pyridine rings is 1. The Kier molecular flexibility index (Phi) is 14.5. The van der Waals surface area contributed by atoms with Crippen LogP contribution in [-0.4, -0.2) is 122 Å². The summed E-state index contributed by atoms with van der Waals surface area (Å²) >= 11 is 7.55. The molecule has 3 N–H and O–H groups in total. The highest BCUT2D eigenvalue weighted by Gasteiger charge is 2.31. The number of allylic oxidation sites excluding steroid dienone is 1. The normalized spacial score (nSPS) is 18.7. The summed E-state index contributed by atoms with van der Waals surface area (Å²) in [6.07, 6.45) is 7.99. The lowest BCUT2D eigenvalue weighted by Crippen LogP contribution is -2.47. The summed E-state index contributed by atoms with van der Waals surface area (Å²) in [4.78, 5) is 41.1. The second kappa shape index (κ2) is 20.0. The average Bonchev–Trinajstić information content (AvgIpc) is 3.76. The number of hydrogen-bond donors (Lipinski definition) is 3. The van der Waals surface area contributed by atoms with Gasteiger partial charge in [0.25, 0.3) is 21.6 Å². The molecular formula is C48H57ClN7O7PS2. The maximum atomic E-state index is 14.1. The highest BCUT2D eigenvalue weighted by molar-refractivity contribution is 7.99. The summed E-state index contributed by atoms with van der Waals surface area (Å²) in [5, 5.41) is 24.1. The molecular weight excluding hydrogens is 917 g/mol. The van der Waals surface area contributed by atoms with Crippen LogP contribution in [0.25, 0.3) is 16.6 Å². The molecule has 0 bridgehead atoms. The number of nitro benzene ring substituents is 1. The van der Waals surface area contributed by atoms with E-state index in [1.807, 2.05) is 36.4 Å². The van der Waals surface area contributed by atoms with Gasteiger partial charge in [0.1, 0.15) is 5.65 Å². The van der Waals surface area contributed by atoms with Gasteiger partial charge in [0, 0.05) is 121 Å². The number of aromatic amines is 1. The molecule has 0 radical (unpaired) electrons. The zero-order valence-electron chi connectivity index (χ0n) is 37.5. The zero-order valence-corrected chi connectivity index (χ0v) is 40.8. The van der Waals surface area contributed by atoms with E-state index in [1.165, 1.54) is 40.6 Å². The van der Waals surface area contributed by atoms with Crippen molar-refractivity contribution in [1.82, 2.24) is 24.5 Å². The van der Waals surface area contributed by atoms with Gasteiger partial charge in [0.2, 0.25) is 0 Å². The third kappa shape index (κ3) is 11.6. The number of carbonyl (C=O) groups is 1. The number of rotatable bonds is 15. The highest BCUT2D eigenvalue weighted by Crippen LogP contribution is 2.44. The molecule has 1 unspecified atom stereocenters. The number of aromatic nitrogens is 2. The van der Waals surface area contributed by atoms with E-state index in [2.05, 4.69) is 55.4 Å². The van der Waals surface area contributed by atoms with Gasteiger partial charge < -0.3 is 24.5 Å². The molecule has 2 aromatic heterocycles. The van der Waals surface area contributed by atoms with E-state index < -0.39 is 38.6 Å². The first-order valence-electron chi connectivity index (χ1n) is 22.4. The van der Waals surface area contributed by atoms with E-state index >= 15 is 0 Å². The lowest BCUT2D eigenvalue weighted by Gasteiger charge is -2.39. The van der Waals surface area contributed by atoms with Crippen LogP contribution in [0.4, 0.5) is 11.4 Å². The van der Waals surface area contributed by atoms with Gasteiger partial charge in [-0.15, -0.1) is 0 Å².